The van der Waals surface area contributed by atoms with Crippen LogP contribution >= 0.6 is 0 Å². The lowest BCUT2D eigenvalue weighted by Crippen LogP contribution is -2.43. The predicted molar refractivity (Wildman–Crippen MR) is 77.3 cm³/mol. The van der Waals surface area contributed by atoms with E-state index in [-0.39, 0.29) is 0 Å². The maximum atomic E-state index is 4.48. The van der Waals surface area contributed by atoms with E-state index in [2.05, 4.69) is 51.4 Å². The molecule has 2 heterocycles. The molecule has 0 radical (unpaired) electrons. The van der Waals surface area contributed by atoms with Crippen LogP contribution in [0.2, 0.25) is 0 Å². The van der Waals surface area contributed by atoms with Crippen molar-refractivity contribution in [1.82, 2.24) is 15.3 Å². The lowest BCUT2D eigenvalue weighted by Gasteiger charge is -2.28. The van der Waals surface area contributed by atoms with Gasteiger partial charge in [0, 0.05) is 31.7 Å². The van der Waals surface area contributed by atoms with E-state index in [1.165, 1.54) is 5.56 Å². The molecule has 0 saturated carbocycles. The highest BCUT2D eigenvalue weighted by Gasteiger charge is 2.11. The molecular formula is C15H18N4. The Morgan fingerprint density at radius 1 is 1.00 bits per heavy atom. The van der Waals surface area contributed by atoms with Gasteiger partial charge in [0.25, 0.3) is 0 Å². The monoisotopic (exact) mass is 254 g/mol. The average molecular weight is 254 g/mol. The molecule has 3 rings (SSSR count). The van der Waals surface area contributed by atoms with E-state index in [0.29, 0.717) is 0 Å². The lowest BCUT2D eigenvalue weighted by molar-refractivity contribution is 0.588. The molecular weight excluding hydrogens is 236 g/mol. The van der Waals surface area contributed by atoms with Crippen LogP contribution in [0.3, 0.4) is 0 Å². The van der Waals surface area contributed by atoms with Crippen LogP contribution in [-0.2, 0) is 0 Å². The first-order valence-electron chi connectivity index (χ1n) is 6.68. The van der Waals surface area contributed by atoms with Crippen LogP contribution in [0.1, 0.15) is 5.56 Å². The highest BCUT2D eigenvalue weighted by atomic mass is 15.2. The van der Waals surface area contributed by atoms with Crippen molar-refractivity contribution in [3.8, 4) is 11.4 Å². The molecule has 0 atom stereocenters. The van der Waals surface area contributed by atoms with E-state index in [1.807, 2.05) is 12.4 Å². The summed E-state index contributed by atoms with van der Waals surface area (Å²) in [5.41, 5.74) is 3.43. The molecule has 0 bridgehead atoms. The van der Waals surface area contributed by atoms with Crippen molar-refractivity contribution in [1.29, 1.82) is 0 Å². The molecule has 1 saturated heterocycles. The molecule has 1 aromatic heterocycles. The highest BCUT2D eigenvalue weighted by molar-refractivity contribution is 5.56. The van der Waals surface area contributed by atoms with Gasteiger partial charge in [0.1, 0.15) is 0 Å². The smallest absolute Gasteiger partial charge is 0.159 e. The van der Waals surface area contributed by atoms with Crippen molar-refractivity contribution in [3.05, 3.63) is 42.2 Å². The number of hydrogen-bond donors (Lipinski definition) is 1. The van der Waals surface area contributed by atoms with Gasteiger partial charge in [-0.25, -0.2) is 9.97 Å². The van der Waals surface area contributed by atoms with Crippen molar-refractivity contribution in [2.75, 3.05) is 31.1 Å². The number of benzene rings is 1. The largest absolute Gasteiger partial charge is 0.366 e. The Morgan fingerprint density at radius 2 is 1.63 bits per heavy atom. The summed E-state index contributed by atoms with van der Waals surface area (Å²) in [6.45, 7) is 6.18. The van der Waals surface area contributed by atoms with E-state index in [4.69, 9.17) is 0 Å². The van der Waals surface area contributed by atoms with Gasteiger partial charge in [0.15, 0.2) is 5.82 Å². The fraction of sp³-hybridized carbons (Fsp3) is 0.333. The number of anilines is 1. The van der Waals surface area contributed by atoms with Crippen LogP contribution in [0.25, 0.3) is 11.4 Å². The van der Waals surface area contributed by atoms with E-state index >= 15 is 0 Å². The van der Waals surface area contributed by atoms with E-state index in [1.54, 1.807) is 0 Å². The van der Waals surface area contributed by atoms with Crippen LogP contribution in [-0.4, -0.2) is 36.1 Å². The summed E-state index contributed by atoms with van der Waals surface area (Å²) >= 11 is 0. The molecule has 1 aliphatic heterocycles. The highest BCUT2D eigenvalue weighted by Crippen LogP contribution is 2.18. The van der Waals surface area contributed by atoms with Crippen LogP contribution in [0.4, 0.5) is 5.69 Å². The zero-order valence-corrected chi connectivity index (χ0v) is 11.1. The Bertz CT molecular complexity index is 527. The summed E-state index contributed by atoms with van der Waals surface area (Å²) < 4.78 is 0. The molecule has 19 heavy (non-hydrogen) atoms. The third-order valence-electron chi connectivity index (χ3n) is 3.43. The maximum absolute atomic E-state index is 4.48. The van der Waals surface area contributed by atoms with Crippen LogP contribution in [0.15, 0.2) is 36.7 Å². The number of aromatic nitrogens is 2. The molecule has 1 aromatic carbocycles. The number of nitrogens with zero attached hydrogens (tertiary/aromatic N) is 3. The van der Waals surface area contributed by atoms with Crippen molar-refractivity contribution in [2.24, 2.45) is 0 Å². The SMILES string of the molecule is Cc1ccc(-c2ncc(N3CCNCC3)cn2)cc1. The topological polar surface area (TPSA) is 41.1 Å². The molecule has 0 spiro atoms. The Labute approximate surface area is 113 Å². The number of aryl methyl sites for hydroxylation is 1. The second kappa shape index (κ2) is 5.36. The molecule has 98 valence electrons. The van der Waals surface area contributed by atoms with Gasteiger partial charge in [-0.1, -0.05) is 29.8 Å². The summed E-state index contributed by atoms with van der Waals surface area (Å²) in [6.07, 6.45) is 3.85. The number of hydrogen-bond acceptors (Lipinski definition) is 4. The molecule has 1 N–H and O–H groups in total. The van der Waals surface area contributed by atoms with Crippen LogP contribution in [0.5, 0.6) is 0 Å². The molecule has 0 amide bonds. The van der Waals surface area contributed by atoms with E-state index in [0.717, 1.165) is 43.3 Å². The molecule has 0 unspecified atom stereocenters. The van der Waals surface area contributed by atoms with Gasteiger partial charge in [-0.05, 0) is 6.92 Å². The molecule has 4 nitrogen and oxygen atoms in total. The predicted octanol–water partition coefficient (Wildman–Crippen LogP) is 1.86. The zero-order valence-electron chi connectivity index (χ0n) is 11.1. The minimum absolute atomic E-state index is 0.791. The van der Waals surface area contributed by atoms with E-state index in [9.17, 15) is 0 Å². The number of rotatable bonds is 2. The third-order valence-corrected chi connectivity index (χ3v) is 3.43. The van der Waals surface area contributed by atoms with Gasteiger partial charge in [-0.15, -0.1) is 0 Å². The fourth-order valence-corrected chi connectivity index (χ4v) is 2.26. The van der Waals surface area contributed by atoms with E-state index < -0.39 is 0 Å². The van der Waals surface area contributed by atoms with Crippen molar-refractivity contribution in [2.45, 2.75) is 6.92 Å². The van der Waals surface area contributed by atoms with Crippen LogP contribution in [0, 0.1) is 6.92 Å². The quantitative estimate of drug-likeness (QED) is 0.888. The lowest BCUT2D eigenvalue weighted by atomic mass is 10.1. The Morgan fingerprint density at radius 3 is 2.26 bits per heavy atom. The molecule has 2 aromatic rings. The standard InChI is InChI=1S/C15H18N4/c1-12-2-4-13(5-3-12)15-17-10-14(11-18-15)19-8-6-16-7-9-19/h2-5,10-11,16H,6-9H2,1H3. The summed E-state index contributed by atoms with van der Waals surface area (Å²) in [5, 5.41) is 3.34. The minimum atomic E-state index is 0.791. The summed E-state index contributed by atoms with van der Waals surface area (Å²) in [6, 6.07) is 8.30. The zero-order chi connectivity index (χ0) is 13.1. The third kappa shape index (κ3) is 2.74. The summed E-state index contributed by atoms with van der Waals surface area (Å²) in [5.74, 6) is 0.791. The first-order chi connectivity index (χ1) is 9.33. The van der Waals surface area contributed by atoms with Gasteiger partial charge in [0.2, 0.25) is 0 Å². The second-order valence-corrected chi connectivity index (χ2v) is 4.87. The number of piperazine rings is 1. The van der Waals surface area contributed by atoms with Crippen molar-refractivity contribution < 1.29 is 0 Å². The van der Waals surface area contributed by atoms with Gasteiger partial charge < -0.3 is 10.2 Å². The number of nitrogens with one attached hydrogen (secondary N) is 1. The maximum Gasteiger partial charge on any atom is 0.159 e. The van der Waals surface area contributed by atoms with Gasteiger partial charge >= 0.3 is 0 Å². The fourth-order valence-electron chi connectivity index (χ4n) is 2.26. The second-order valence-electron chi connectivity index (χ2n) is 4.87. The minimum Gasteiger partial charge on any atom is -0.366 e. The Kier molecular flexibility index (Phi) is 3.42. The Balaban J connectivity index is 1.80. The van der Waals surface area contributed by atoms with Gasteiger partial charge in [0.05, 0.1) is 18.1 Å². The first-order valence-corrected chi connectivity index (χ1v) is 6.68. The van der Waals surface area contributed by atoms with Crippen LogP contribution < -0.4 is 10.2 Å². The van der Waals surface area contributed by atoms with Gasteiger partial charge in [-0.3, -0.25) is 0 Å². The molecule has 1 aliphatic rings. The first kappa shape index (κ1) is 12.1. The molecule has 4 heteroatoms. The summed E-state index contributed by atoms with van der Waals surface area (Å²) in [4.78, 5) is 11.3. The van der Waals surface area contributed by atoms with Crippen molar-refractivity contribution in [3.63, 3.8) is 0 Å². The average Bonchev–Trinajstić information content (AvgIpc) is 2.49. The molecule has 0 aliphatic carbocycles. The summed E-state index contributed by atoms with van der Waals surface area (Å²) in [7, 11) is 0. The Hall–Kier alpha value is -1.94. The normalized spacial score (nSPS) is 15.5. The van der Waals surface area contributed by atoms with Gasteiger partial charge in [-0.2, -0.15) is 0 Å². The molecule has 1 fully saturated rings. The van der Waals surface area contributed by atoms with Crippen molar-refractivity contribution >= 4 is 5.69 Å².